The van der Waals surface area contributed by atoms with Crippen molar-refractivity contribution in [3.05, 3.63) is 38.2 Å². The Morgan fingerprint density at radius 3 is 3.00 bits per heavy atom. The minimum absolute atomic E-state index is 0.0973. The fraction of sp³-hybridized carbons (Fsp3) is 0.100. The maximum absolute atomic E-state index is 11.7. The van der Waals surface area contributed by atoms with E-state index in [2.05, 4.69) is 25.9 Å². The van der Waals surface area contributed by atoms with E-state index in [0.717, 1.165) is 10.2 Å². The smallest absolute Gasteiger partial charge is 0.208 e. The monoisotopic (exact) mass is 263 g/mol. The van der Waals surface area contributed by atoms with Crippen LogP contribution in [0.3, 0.4) is 0 Å². The van der Waals surface area contributed by atoms with Crippen molar-refractivity contribution in [3.8, 4) is 6.07 Å². The van der Waals surface area contributed by atoms with Gasteiger partial charge in [-0.05, 0) is 28.9 Å². The van der Waals surface area contributed by atoms with Gasteiger partial charge < -0.3 is 4.98 Å². The lowest BCUT2D eigenvalue weighted by Gasteiger charge is -2.01. The van der Waals surface area contributed by atoms with E-state index in [1.807, 2.05) is 13.0 Å². The van der Waals surface area contributed by atoms with Crippen molar-refractivity contribution in [2.45, 2.75) is 6.92 Å². The number of fused-ring (bicyclic) bond motifs is 1. The van der Waals surface area contributed by atoms with Gasteiger partial charge in [0.2, 0.25) is 5.43 Å². The Labute approximate surface area is 93.7 Å². The number of aromatic nitrogens is 2. The zero-order valence-electron chi connectivity index (χ0n) is 7.84. The lowest BCUT2D eigenvalue weighted by atomic mass is 10.2. The summed E-state index contributed by atoms with van der Waals surface area (Å²) in [5, 5.41) is 9.12. The molecule has 0 atom stereocenters. The van der Waals surface area contributed by atoms with Gasteiger partial charge in [0.1, 0.15) is 17.3 Å². The summed E-state index contributed by atoms with van der Waals surface area (Å²) in [7, 11) is 0. The highest BCUT2D eigenvalue weighted by Gasteiger charge is 2.07. The van der Waals surface area contributed by atoms with Crippen LogP contribution in [-0.2, 0) is 0 Å². The molecule has 4 nitrogen and oxygen atoms in total. The van der Waals surface area contributed by atoms with Gasteiger partial charge >= 0.3 is 0 Å². The predicted octanol–water partition coefficient (Wildman–Crippen LogP) is 1.87. The van der Waals surface area contributed by atoms with E-state index in [1.165, 1.54) is 6.20 Å². The van der Waals surface area contributed by atoms with Gasteiger partial charge in [-0.3, -0.25) is 4.79 Å². The van der Waals surface area contributed by atoms with Crippen molar-refractivity contribution in [1.82, 2.24) is 9.97 Å². The number of hydrogen-bond acceptors (Lipinski definition) is 3. The standard InChI is InChI=1S/C10H6BrN3O/c1-5-8(11)2-7-9(15)6(3-12)4-13-10(7)14-5/h2,4H,1H3,(H,13,14,15). The average molecular weight is 264 g/mol. The topological polar surface area (TPSA) is 69.5 Å². The van der Waals surface area contributed by atoms with Crippen LogP contribution in [0.1, 0.15) is 11.3 Å². The van der Waals surface area contributed by atoms with Gasteiger partial charge in [0.25, 0.3) is 0 Å². The first-order valence-corrected chi connectivity index (χ1v) is 5.01. The number of aromatic amines is 1. The summed E-state index contributed by atoms with van der Waals surface area (Å²) in [5.74, 6) is 0. The normalized spacial score (nSPS) is 10.2. The minimum Gasteiger partial charge on any atom is -0.345 e. The van der Waals surface area contributed by atoms with Crippen LogP contribution in [0.25, 0.3) is 11.0 Å². The highest BCUT2D eigenvalue weighted by molar-refractivity contribution is 9.10. The summed E-state index contributed by atoms with van der Waals surface area (Å²) in [4.78, 5) is 18.7. The molecule has 2 aromatic heterocycles. The quantitative estimate of drug-likeness (QED) is 0.789. The third-order valence-electron chi connectivity index (χ3n) is 2.11. The molecule has 0 fully saturated rings. The first-order chi connectivity index (χ1) is 7.13. The molecule has 0 aliphatic carbocycles. The number of pyridine rings is 2. The minimum atomic E-state index is -0.292. The van der Waals surface area contributed by atoms with Crippen molar-refractivity contribution in [2.75, 3.05) is 0 Å². The Morgan fingerprint density at radius 2 is 2.33 bits per heavy atom. The van der Waals surface area contributed by atoms with E-state index in [-0.39, 0.29) is 11.0 Å². The molecule has 0 saturated heterocycles. The first kappa shape index (κ1) is 9.87. The summed E-state index contributed by atoms with van der Waals surface area (Å²) in [5.41, 5.74) is 1.10. The van der Waals surface area contributed by atoms with Crippen LogP contribution in [0, 0.1) is 18.3 Å². The van der Waals surface area contributed by atoms with Crippen LogP contribution in [0.5, 0.6) is 0 Å². The van der Waals surface area contributed by atoms with Crippen LogP contribution in [-0.4, -0.2) is 9.97 Å². The summed E-state index contributed by atoms with van der Waals surface area (Å²) in [6.07, 6.45) is 1.38. The lowest BCUT2D eigenvalue weighted by molar-refractivity contribution is 1.18. The molecule has 0 radical (unpaired) electrons. The maximum Gasteiger partial charge on any atom is 0.208 e. The second kappa shape index (κ2) is 3.48. The van der Waals surface area contributed by atoms with Crippen LogP contribution < -0.4 is 5.43 Å². The van der Waals surface area contributed by atoms with Gasteiger partial charge in [0.15, 0.2) is 0 Å². The van der Waals surface area contributed by atoms with Gasteiger partial charge in [-0.25, -0.2) is 4.98 Å². The predicted molar refractivity (Wildman–Crippen MR) is 59.5 cm³/mol. The summed E-state index contributed by atoms with van der Waals surface area (Å²) >= 11 is 3.30. The molecule has 15 heavy (non-hydrogen) atoms. The molecule has 0 aliphatic rings. The second-order valence-corrected chi connectivity index (χ2v) is 3.95. The molecule has 0 amide bonds. The Balaban J connectivity index is 2.96. The average Bonchev–Trinajstić information content (AvgIpc) is 2.22. The molecule has 5 heteroatoms. The van der Waals surface area contributed by atoms with Crippen molar-refractivity contribution in [1.29, 1.82) is 5.26 Å². The molecule has 0 bridgehead atoms. The third kappa shape index (κ3) is 1.53. The maximum atomic E-state index is 11.7. The first-order valence-electron chi connectivity index (χ1n) is 4.22. The van der Waals surface area contributed by atoms with E-state index >= 15 is 0 Å². The summed E-state index contributed by atoms with van der Waals surface area (Å²) in [6.45, 7) is 1.83. The number of nitrogens with one attached hydrogen (secondary N) is 1. The molecule has 2 aromatic rings. The highest BCUT2D eigenvalue weighted by atomic mass is 79.9. The van der Waals surface area contributed by atoms with Crippen LogP contribution >= 0.6 is 15.9 Å². The van der Waals surface area contributed by atoms with Gasteiger partial charge in [-0.1, -0.05) is 0 Å². The van der Waals surface area contributed by atoms with E-state index in [9.17, 15) is 4.79 Å². The molecule has 0 unspecified atom stereocenters. The Bertz CT molecular complexity index is 639. The lowest BCUT2D eigenvalue weighted by Crippen LogP contribution is -2.08. The van der Waals surface area contributed by atoms with Crippen LogP contribution in [0.4, 0.5) is 0 Å². The summed E-state index contributed by atoms with van der Waals surface area (Å²) in [6, 6.07) is 3.51. The Hall–Kier alpha value is -1.67. The molecule has 0 spiro atoms. The molecule has 0 saturated carbocycles. The van der Waals surface area contributed by atoms with E-state index < -0.39 is 0 Å². The van der Waals surface area contributed by atoms with Crippen molar-refractivity contribution in [2.24, 2.45) is 0 Å². The largest absolute Gasteiger partial charge is 0.345 e. The van der Waals surface area contributed by atoms with E-state index in [4.69, 9.17) is 5.26 Å². The van der Waals surface area contributed by atoms with Crippen LogP contribution in [0.15, 0.2) is 21.5 Å². The fourth-order valence-corrected chi connectivity index (χ4v) is 1.62. The zero-order chi connectivity index (χ0) is 11.0. The third-order valence-corrected chi connectivity index (χ3v) is 2.92. The molecule has 2 heterocycles. The number of nitrogens with zero attached hydrogens (tertiary/aromatic N) is 2. The number of hydrogen-bond donors (Lipinski definition) is 1. The number of rotatable bonds is 0. The van der Waals surface area contributed by atoms with Gasteiger partial charge in [0, 0.05) is 10.7 Å². The molecule has 1 N–H and O–H groups in total. The van der Waals surface area contributed by atoms with E-state index in [0.29, 0.717) is 11.0 Å². The molecule has 0 aliphatic heterocycles. The number of halogens is 1. The van der Waals surface area contributed by atoms with Crippen molar-refractivity contribution < 1.29 is 0 Å². The highest BCUT2D eigenvalue weighted by Crippen LogP contribution is 2.17. The summed E-state index contributed by atoms with van der Waals surface area (Å²) < 4.78 is 0.760. The molecule has 74 valence electrons. The van der Waals surface area contributed by atoms with Crippen molar-refractivity contribution >= 4 is 27.0 Å². The fourth-order valence-electron chi connectivity index (χ4n) is 1.30. The molecular formula is C10H6BrN3O. The van der Waals surface area contributed by atoms with Gasteiger partial charge in [0.05, 0.1) is 11.1 Å². The Kier molecular flexibility index (Phi) is 2.29. The number of nitriles is 1. The molecular weight excluding hydrogens is 258 g/mol. The Morgan fingerprint density at radius 1 is 1.60 bits per heavy atom. The van der Waals surface area contributed by atoms with E-state index in [1.54, 1.807) is 6.07 Å². The SMILES string of the molecule is Cc1nc2[nH]cc(C#N)c(=O)c2cc1Br. The number of aryl methyl sites for hydroxylation is 1. The van der Waals surface area contributed by atoms with Gasteiger partial charge in [-0.15, -0.1) is 0 Å². The molecule has 2 rings (SSSR count). The van der Waals surface area contributed by atoms with Crippen LogP contribution in [0.2, 0.25) is 0 Å². The molecule has 0 aromatic carbocycles. The number of H-pyrrole nitrogens is 1. The zero-order valence-corrected chi connectivity index (χ0v) is 9.42. The second-order valence-electron chi connectivity index (χ2n) is 3.10. The van der Waals surface area contributed by atoms with Gasteiger partial charge in [-0.2, -0.15) is 5.26 Å². The van der Waals surface area contributed by atoms with Crippen molar-refractivity contribution in [3.63, 3.8) is 0 Å².